The molecule has 2 N–H and O–H groups in total. The third kappa shape index (κ3) is 2.49. The van der Waals surface area contributed by atoms with Gasteiger partial charge >= 0.3 is 0 Å². The van der Waals surface area contributed by atoms with Crippen LogP contribution in [0.4, 0.5) is 4.39 Å². The third-order valence-electron chi connectivity index (χ3n) is 3.39. The van der Waals surface area contributed by atoms with Gasteiger partial charge in [-0.25, -0.2) is 4.39 Å². The lowest BCUT2D eigenvalue weighted by Gasteiger charge is -2.17. The molecule has 0 spiro atoms. The van der Waals surface area contributed by atoms with E-state index in [1.807, 2.05) is 0 Å². The van der Waals surface area contributed by atoms with Crippen LogP contribution in [-0.2, 0) is 0 Å². The van der Waals surface area contributed by atoms with Crippen LogP contribution in [0.5, 0.6) is 0 Å². The largest absolute Gasteiger partial charge is 0.338 e. The number of nitrogens with zero attached hydrogens (tertiary/aromatic N) is 1. The van der Waals surface area contributed by atoms with Crippen LogP contribution in [0.25, 0.3) is 0 Å². The van der Waals surface area contributed by atoms with Crippen molar-refractivity contribution in [3.05, 3.63) is 34.1 Å². The van der Waals surface area contributed by atoms with Gasteiger partial charge < -0.3 is 10.6 Å². The molecular formula is C13H16ClFN2O. The van der Waals surface area contributed by atoms with Gasteiger partial charge in [-0.05, 0) is 43.5 Å². The Bertz CT molecular complexity index is 478. The summed E-state index contributed by atoms with van der Waals surface area (Å²) in [5.41, 5.74) is 6.39. The van der Waals surface area contributed by atoms with Gasteiger partial charge in [-0.1, -0.05) is 11.6 Å². The van der Waals surface area contributed by atoms with E-state index in [1.165, 1.54) is 12.1 Å². The number of hydrogen-bond donors (Lipinski definition) is 1. The van der Waals surface area contributed by atoms with Crippen molar-refractivity contribution >= 4 is 17.5 Å². The molecular weight excluding hydrogens is 255 g/mol. The second-order valence-electron chi connectivity index (χ2n) is 4.72. The number of benzene rings is 1. The van der Waals surface area contributed by atoms with E-state index < -0.39 is 5.82 Å². The lowest BCUT2D eigenvalue weighted by Crippen LogP contribution is -2.30. The molecule has 1 fully saturated rings. The Balaban J connectivity index is 2.22. The molecule has 1 amide bonds. The summed E-state index contributed by atoms with van der Waals surface area (Å²) in [6.45, 7) is 3.55. The van der Waals surface area contributed by atoms with Gasteiger partial charge in [0.2, 0.25) is 0 Å². The monoisotopic (exact) mass is 270 g/mol. The molecule has 1 aliphatic heterocycles. The lowest BCUT2D eigenvalue weighted by molar-refractivity contribution is 0.0787. The molecule has 0 radical (unpaired) electrons. The van der Waals surface area contributed by atoms with E-state index >= 15 is 0 Å². The van der Waals surface area contributed by atoms with Gasteiger partial charge in [-0.15, -0.1) is 0 Å². The van der Waals surface area contributed by atoms with Crippen LogP contribution in [0, 0.1) is 18.7 Å². The van der Waals surface area contributed by atoms with E-state index in [0.717, 1.165) is 6.42 Å². The van der Waals surface area contributed by atoms with Crippen LogP contribution in [0.2, 0.25) is 5.02 Å². The van der Waals surface area contributed by atoms with Crippen molar-refractivity contribution in [2.45, 2.75) is 13.3 Å². The van der Waals surface area contributed by atoms with Crippen molar-refractivity contribution in [2.24, 2.45) is 11.7 Å². The number of aryl methyl sites for hydroxylation is 1. The van der Waals surface area contributed by atoms with Gasteiger partial charge in [0.15, 0.2) is 0 Å². The topological polar surface area (TPSA) is 46.3 Å². The summed E-state index contributed by atoms with van der Waals surface area (Å²) >= 11 is 5.93. The zero-order valence-electron chi connectivity index (χ0n) is 10.2. The number of amides is 1. The van der Waals surface area contributed by atoms with Gasteiger partial charge in [0.25, 0.3) is 5.91 Å². The highest BCUT2D eigenvalue weighted by Gasteiger charge is 2.27. The standard InChI is InChI=1S/C13H16ClFN2O/c1-8-4-10(11(14)5-12(8)15)13(18)17-3-2-9(6-16)7-17/h4-5,9H,2-3,6-7,16H2,1H3/t9-/m0/s1. The van der Waals surface area contributed by atoms with Crippen molar-refractivity contribution in [1.82, 2.24) is 4.90 Å². The van der Waals surface area contributed by atoms with Crippen LogP contribution >= 0.6 is 11.6 Å². The summed E-state index contributed by atoms with van der Waals surface area (Å²) in [7, 11) is 0. The van der Waals surface area contributed by atoms with Crippen molar-refractivity contribution in [3.63, 3.8) is 0 Å². The quantitative estimate of drug-likeness (QED) is 0.896. The highest BCUT2D eigenvalue weighted by molar-refractivity contribution is 6.33. The van der Waals surface area contributed by atoms with E-state index in [9.17, 15) is 9.18 Å². The van der Waals surface area contributed by atoms with E-state index in [4.69, 9.17) is 17.3 Å². The second-order valence-corrected chi connectivity index (χ2v) is 5.13. The van der Waals surface area contributed by atoms with Gasteiger partial charge in [-0.3, -0.25) is 4.79 Å². The zero-order chi connectivity index (χ0) is 13.3. The smallest absolute Gasteiger partial charge is 0.255 e. The summed E-state index contributed by atoms with van der Waals surface area (Å²) in [6.07, 6.45) is 0.917. The number of carbonyl (C=O) groups is 1. The Kier molecular flexibility index (Phi) is 3.88. The first-order valence-corrected chi connectivity index (χ1v) is 6.35. The highest BCUT2D eigenvalue weighted by Crippen LogP contribution is 2.24. The lowest BCUT2D eigenvalue weighted by atomic mass is 10.1. The fourth-order valence-electron chi connectivity index (χ4n) is 2.20. The molecule has 0 bridgehead atoms. The van der Waals surface area contributed by atoms with Crippen LogP contribution in [0.3, 0.4) is 0 Å². The SMILES string of the molecule is Cc1cc(C(=O)N2CC[C@@H](CN)C2)c(Cl)cc1F. The van der Waals surface area contributed by atoms with Crippen LogP contribution in [0.15, 0.2) is 12.1 Å². The second kappa shape index (κ2) is 5.24. The normalized spacial score (nSPS) is 19.3. The van der Waals surface area contributed by atoms with E-state index in [0.29, 0.717) is 36.7 Å². The van der Waals surface area contributed by atoms with E-state index in [-0.39, 0.29) is 10.9 Å². The molecule has 0 aromatic heterocycles. The number of nitrogens with two attached hydrogens (primary N) is 1. The molecule has 5 heteroatoms. The number of halogens is 2. The van der Waals surface area contributed by atoms with Crippen molar-refractivity contribution in [3.8, 4) is 0 Å². The first-order chi connectivity index (χ1) is 8.52. The minimum Gasteiger partial charge on any atom is -0.338 e. The molecule has 98 valence electrons. The molecule has 0 saturated carbocycles. The Morgan fingerprint density at radius 3 is 2.94 bits per heavy atom. The summed E-state index contributed by atoms with van der Waals surface area (Å²) in [5.74, 6) is -0.175. The van der Waals surface area contributed by atoms with Crippen molar-refractivity contribution in [1.29, 1.82) is 0 Å². The van der Waals surface area contributed by atoms with Crippen LogP contribution in [0.1, 0.15) is 22.3 Å². The van der Waals surface area contributed by atoms with E-state index in [1.54, 1.807) is 11.8 Å². The van der Waals surface area contributed by atoms with E-state index in [2.05, 4.69) is 0 Å². The van der Waals surface area contributed by atoms with Crippen molar-refractivity contribution in [2.75, 3.05) is 19.6 Å². The molecule has 1 aromatic rings. The average molecular weight is 271 g/mol. The summed E-state index contributed by atoms with van der Waals surface area (Å²) in [6, 6.07) is 2.70. The average Bonchev–Trinajstić information content (AvgIpc) is 2.81. The maximum Gasteiger partial charge on any atom is 0.255 e. The fraction of sp³-hybridized carbons (Fsp3) is 0.462. The molecule has 1 saturated heterocycles. The molecule has 1 aliphatic rings. The number of hydrogen-bond acceptors (Lipinski definition) is 2. The molecule has 1 atom stereocenters. The fourth-order valence-corrected chi connectivity index (χ4v) is 2.43. The van der Waals surface area contributed by atoms with Crippen LogP contribution < -0.4 is 5.73 Å². The third-order valence-corrected chi connectivity index (χ3v) is 3.70. The molecule has 1 aromatic carbocycles. The van der Waals surface area contributed by atoms with Crippen LogP contribution in [-0.4, -0.2) is 30.4 Å². The summed E-state index contributed by atoms with van der Waals surface area (Å²) < 4.78 is 13.3. The Morgan fingerprint density at radius 2 is 2.33 bits per heavy atom. The molecule has 0 unspecified atom stereocenters. The van der Waals surface area contributed by atoms with Crippen molar-refractivity contribution < 1.29 is 9.18 Å². The molecule has 0 aliphatic carbocycles. The number of carbonyl (C=O) groups excluding carboxylic acids is 1. The van der Waals surface area contributed by atoms with Gasteiger partial charge in [-0.2, -0.15) is 0 Å². The number of rotatable bonds is 2. The minimum absolute atomic E-state index is 0.140. The van der Waals surface area contributed by atoms with Gasteiger partial charge in [0.05, 0.1) is 10.6 Å². The first kappa shape index (κ1) is 13.3. The summed E-state index contributed by atoms with van der Waals surface area (Å²) in [5, 5.41) is 0.166. The summed E-state index contributed by atoms with van der Waals surface area (Å²) in [4.78, 5) is 14.0. The maximum absolute atomic E-state index is 13.3. The Labute approximate surface area is 111 Å². The minimum atomic E-state index is -0.391. The zero-order valence-corrected chi connectivity index (χ0v) is 11.0. The molecule has 2 rings (SSSR count). The molecule has 1 heterocycles. The predicted molar refractivity (Wildman–Crippen MR) is 69.2 cm³/mol. The Hall–Kier alpha value is -1.13. The Morgan fingerprint density at radius 1 is 1.61 bits per heavy atom. The highest BCUT2D eigenvalue weighted by atomic mass is 35.5. The molecule has 3 nitrogen and oxygen atoms in total. The van der Waals surface area contributed by atoms with Gasteiger partial charge in [0.1, 0.15) is 5.82 Å². The van der Waals surface area contributed by atoms with Gasteiger partial charge in [0, 0.05) is 13.1 Å². The maximum atomic E-state index is 13.3. The predicted octanol–water partition coefficient (Wildman–Crippen LogP) is 2.21. The molecule has 18 heavy (non-hydrogen) atoms. The number of likely N-dealkylation sites (tertiary alicyclic amines) is 1. The first-order valence-electron chi connectivity index (χ1n) is 5.98.